The minimum atomic E-state index is 0. The fourth-order valence-electron chi connectivity index (χ4n) is 7.60. The SMILES string of the molecule is C1CCOC1.CC(C)N(CCCl)C(C)C.CC(C)N(CCOCCN(C)C)C(C)C.CC(C)N(CCOCCN(C)C)C(C)C.CCCBr.CCC[N+](C)(C)CCOCCN(C(C)C)C(C)C.CN(C)CCO.Cl.[Br-].[H-].[Na+]. The second-order valence-corrected chi connectivity index (χ2v) is 23.9. The summed E-state index contributed by atoms with van der Waals surface area (Å²) in [5, 5.41) is 9.33. The third-order valence-electron chi connectivity index (χ3n) is 11.7. The number of aliphatic hydroxyl groups excluding tert-OH is 1. The van der Waals surface area contributed by atoms with Gasteiger partial charge in [0.05, 0.1) is 66.9 Å². The van der Waals surface area contributed by atoms with Gasteiger partial charge in [-0.3, -0.25) is 19.6 Å². The maximum atomic E-state index is 8.20. The minimum Gasteiger partial charge on any atom is -1.00 e. The zero-order valence-corrected chi connectivity index (χ0v) is 62.5. The summed E-state index contributed by atoms with van der Waals surface area (Å²) in [6.45, 7) is 56.6. The number of hydrogen-bond acceptors (Lipinski definition) is 12. The van der Waals surface area contributed by atoms with E-state index in [9.17, 15) is 0 Å². The zero-order chi connectivity index (χ0) is 58.0. The van der Waals surface area contributed by atoms with Crippen molar-refractivity contribution in [1.29, 1.82) is 0 Å². The van der Waals surface area contributed by atoms with Crippen molar-refractivity contribution in [2.24, 2.45) is 0 Å². The predicted octanol–water partition coefficient (Wildman–Crippen LogP) is 4.99. The normalized spacial score (nSPS) is 12.3. The first-order valence-electron chi connectivity index (χ1n) is 28.8. The van der Waals surface area contributed by atoms with E-state index in [0.29, 0.717) is 48.3 Å². The van der Waals surface area contributed by atoms with Crippen LogP contribution in [-0.4, -0.2) is 278 Å². The number of ether oxygens (including phenoxy) is 4. The third-order valence-corrected chi connectivity index (χ3v) is 12.7. The zero-order valence-electron chi connectivity index (χ0n) is 56.8. The van der Waals surface area contributed by atoms with E-state index in [0.717, 1.165) is 121 Å². The smallest absolute Gasteiger partial charge is 1.00 e. The van der Waals surface area contributed by atoms with Gasteiger partial charge in [-0.1, -0.05) is 29.8 Å². The maximum Gasteiger partial charge on any atom is 1.00 e. The molecule has 1 fully saturated rings. The summed E-state index contributed by atoms with van der Waals surface area (Å²) in [5.74, 6) is 0.732. The number of alkyl halides is 2. The number of rotatable bonds is 33. The molecule has 0 aromatic rings. The molecule has 1 aliphatic rings. The second kappa shape index (κ2) is 67.8. The Labute approximate surface area is 531 Å². The summed E-state index contributed by atoms with van der Waals surface area (Å²) in [6, 6.07) is 4.81. The van der Waals surface area contributed by atoms with Crippen molar-refractivity contribution in [3.8, 4) is 0 Å². The molecular weight excluding hydrogens is 1140 g/mol. The summed E-state index contributed by atoms with van der Waals surface area (Å²) < 4.78 is 23.0. The second-order valence-electron chi connectivity index (χ2n) is 22.8. The van der Waals surface area contributed by atoms with Gasteiger partial charge < -0.3 is 61.6 Å². The van der Waals surface area contributed by atoms with Crippen molar-refractivity contribution in [2.75, 3.05) is 186 Å². The van der Waals surface area contributed by atoms with Crippen LogP contribution >= 0.6 is 39.9 Å². The van der Waals surface area contributed by atoms with Crippen LogP contribution in [0.1, 0.15) is 152 Å². The van der Waals surface area contributed by atoms with Gasteiger partial charge in [-0.05, 0) is 179 Å². The van der Waals surface area contributed by atoms with Gasteiger partial charge in [0.25, 0.3) is 0 Å². The van der Waals surface area contributed by atoms with Crippen molar-refractivity contribution >= 4 is 39.9 Å². The molecule has 0 atom stereocenters. The molecule has 1 rings (SSSR count). The van der Waals surface area contributed by atoms with E-state index in [1.54, 1.807) is 0 Å². The molecule has 13 nitrogen and oxygen atoms in total. The van der Waals surface area contributed by atoms with Crippen LogP contribution in [0.15, 0.2) is 0 Å². The van der Waals surface area contributed by atoms with Gasteiger partial charge in [0, 0.05) is 119 Å². The number of nitrogens with zero attached hydrogens (tertiary/aromatic N) is 8. The summed E-state index contributed by atoms with van der Waals surface area (Å²) in [5.41, 5.74) is 0. The quantitative estimate of drug-likeness (QED) is 0.0417. The molecule has 0 aromatic heterocycles. The number of hydrogen-bond donors (Lipinski definition) is 1. The third kappa shape index (κ3) is 76.0. The van der Waals surface area contributed by atoms with Crippen LogP contribution in [-0.2, 0) is 18.9 Å². The average Bonchev–Trinajstić information content (AvgIpc) is 3.87. The van der Waals surface area contributed by atoms with Gasteiger partial charge in [-0.25, -0.2) is 0 Å². The number of aliphatic hydroxyl groups is 1. The topological polar surface area (TPSA) is 79.8 Å². The van der Waals surface area contributed by atoms with Gasteiger partial charge in [0.2, 0.25) is 0 Å². The first kappa shape index (κ1) is 97.2. The molecular formula is C58H137Br2Cl2N8NaO5. The molecule has 0 aliphatic carbocycles. The van der Waals surface area contributed by atoms with Crippen molar-refractivity contribution in [2.45, 2.75) is 199 Å². The van der Waals surface area contributed by atoms with E-state index < -0.39 is 0 Å². The number of likely N-dealkylation sites (N-methyl/N-ethyl adjacent to an activating group) is 4. The van der Waals surface area contributed by atoms with Crippen LogP contribution in [0.4, 0.5) is 0 Å². The Morgan fingerprint density at radius 2 is 0.750 bits per heavy atom. The average molecular weight is 1280 g/mol. The van der Waals surface area contributed by atoms with Crippen molar-refractivity contribution in [3.05, 3.63) is 0 Å². The number of halogens is 4. The minimum absolute atomic E-state index is 0. The number of quaternary nitrogens is 1. The fraction of sp³-hybridized carbons (Fsp3) is 1.00. The van der Waals surface area contributed by atoms with Gasteiger partial charge in [0.15, 0.2) is 0 Å². The summed E-state index contributed by atoms with van der Waals surface area (Å²) in [7, 11) is 16.7. The summed E-state index contributed by atoms with van der Waals surface area (Å²) in [6.07, 6.45) is 5.03. The molecule has 0 saturated carbocycles. The molecule has 0 unspecified atom stereocenters. The fourth-order valence-corrected chi connectivity index (χ4v) is 7.79. The first-order valence-corrected chi connectivity index (χ1v) is 30.5. The summed E-state index contributed by atoms with van der Waals surface area (Å²) >= 11 is 8.89. The van der Waals surface area contributed by atoms with E-state index in [2.05, 4.69) is 212 Å². The van der Waals surface area contributed by atoms with E-state index in [1.165, 1.54) is 32.2 Å². The Bertz CT molecular complexity index is 994. The monoisotopic (exact) mass is 1280 g/mol. The van der Waals surface area contributed by atoms with Crippen LogP contribution < -0.4 is 46.5 Å². The molecule has 18 heteroatoms. The van der Waals surface area contributed by atoms with Crippen molar-refractivity contribution in [1.82, 2.24) is 34.3 Å². The van der Waals surface area contributed by atoms with Gasteiger partial charge in [-0.15, -0.1) is 24.0 Å². The molecule has 0 radical (unpaired) electrons. The Morgan fingerprint density at radius 3 is 0.921 bits per heavy atom. The maximum absolute atomic E-state index is 8.20. The van der Waals surface area contributed by atoms with Crippen LogP contribution in [0.3, 0.4) is 0 Å². The van der Waals surface area contributed by atoms with Gasteiger partial charge in [0.1, 0.15) is 6.54 Å². The van der Waals surface area contributed by atoms with Crippen LogP contribution in [0.5, 0.6) is 0 Å². The summed E-state index contributed by atoms with van der Waals surface area (Å²) in [4.78, 5) is 16.0. The van der Waals surface area contributed by atoms with Gasteiger partial charge >= 0.3 is 29.6 Å². The van der Waals surface area contributed by atoms with Crippen LogP contribution in [0.25, 0.3) is 0 Å². The van der Waals surface area contributed by atoms with E-state index in [-0.39, 0.29) is 67.0 Å². The Kier molecular flexibility index (Phi) is 86.7. The first-order chi connectivity index (χ1) is 34.0. The molecule has 0 spiro atoms. The van der Waals surface area contributed by atoms with Crippen molar-refractivity contribution in [3.63, 3.8) is 0 Å². The van der Waals surface area contributed by atoms with Crippen LogP contribution in [0.2, 0.25) is 0 Å². The van der Waals surface area contributed by atoms with E-state index >= 15 is 0 Å². The van der Waals surface area contributed by atoms with E-state index in [4.69, 9.17) is 35.7 Å². The molecule has 1 aliphatic heterocycles. The standard InChI is InChI=1S/C15H35N2O.2C12H28N2O.C8H18ClN.C4H11NO.C4H8O.C3H7Br.BrH.ClH.Na.H/c1-8-10-17(6,7)11-13-18-12-9-16(14(2)3)15(4)5;2*1-11(2)14(12(3)4)8-10-15-9-7-13(5)6;1-7(2)10(6-5-9)8(3)4;1-5(2)3-4-6;1-2-4-5-3-1;1-2-3-4;;;;/h14-15H,8-13H2,1-7H3;2*11-12H,7-10H2,1-6H3;7-8H,5-6H2,1-4H3;6H,3-4H2,1-2H3;1-4H2;2-3H2,1H3;2*1H;;/q+1;;;;;;;;;+1;-1/p-1. The molecule has 0 bridgehead atoms. The van der Waals surface area contributed by atoms with Gasteiger partial charge in [-0.2, -0.15) is 0 Å². The molecule has 0 aromatic carbocycles. The predicted molar refractivity (Wildman–Crippen MR) is 338 cm³/mol. The van der Waals surface area contributed by atoms with E-state index in [1.807, 2.05) is 19.0 Å². The molecule has 76 heavy (non-hydrogen) atoms. The molecule has 1 heterocycles. The Hall–Kier alpha value is 2.02. The molecule has 1 saturated heterocycles. The Morgan fingerprint density at radius 1 is 0.487 bits per heavy atom. The molecule has 0 amide bonds. The largest absolute Gasteiger partial charge is 1.00 e. The Balaban J connectivity index is -0.0000000884. The van der Waals surface area contributed by atoms with Crippen LogP contribution in [0, 0.1) is 0 Å². The van der Waals surface area contributed by atoms with Crippen molar-refractivity contribution < 1.29 is 76.5 Å². The molecule has 468 valence electrons. The molecule has 1 N–H and O–H groups in total.